The topological polar surface area (TPSA) is 131 Å². The number of phosphoric ester groups is 1. The fraction of sp³-hybridized carbons (Fsp3) is 0.894. The lowest BCUT2D eigenvalue weighted by Gasteiger charge is -2.25. The summed E-state index contributed by atoms with van der Waals surface area (Å²) in [5.41, 5.74) is 5.39. The second-order valence-corrected chi connectivity index (χ2v) is 17.8. The van der Waals surface area contributed by atoms with Crippen LogP contribution in [-0.4, -0.2) is 47.8 Å². The molecule has 1 amide bonds. The van der Waals surface area contributed by atoms with E-state index >= 15 is 0 Å². The van der Waals surface area contributed by atoms with Gasteiger partial charge in [-0.1, -0.05) is 212 Å². The van der Waals surface area contributed by atoms with Gasteiger partial charge in [0, 0.05) is 13.0 Å². The van der Waals surface area contributed by atoms with Crippen molar-refractivity contribution >= 4 is 13.7 Å². The summed E-state index contributed by atoms with van der Waals surface area (Å²) >= 11 is 0. The second-order valence-electron chi connectivity index (χ2n) is 16.3. The van der Waals surface area contributed by atoms with Gasteiger partial charge >= 0.3 is 7.82 Å². The first-order chi connectivity index (χ1) is 27.4. The van der Waals surface area contributed by atoms with Gasteiger partial charge in [-0.2, -0.15) is 0 Å². The SMILES string of the molecule is CCCCCCC/C=C\C/C=C\CCCCCCCCCCCCCC(=O)NC(COP(=O)(O)OCCN)C(O)CCCCCCCCCCCCCCCC. The van der Waals surface area contributed by atoms with Crippen molar-refractivity contribution in [2.24, 2.45) is 5.73 Å². The summed E-state index contributed by atoms with van der Waals surface area (Å²) in [6.45, 7) is 4.21. The van der Waals surface area contributed by atoms with Crippen molar-refractivity contribution in [1.82, 2.24) is 5.32 Å². The van der Waals surface area contributed by atoms with Crippen LogP contribution in [0.15, 0.2) is 24.3 Å². The fourth-order valence-corrected chi connectivity index (χ4v) is 7.93. The van der Waals surface area contributed by atoms with Crippen molar-refractivity contribution in [3.05, 3.63) is 24.3 Å². The van der Waals surface area contributed by atoms with Crippen molar-refractivity contribution < 1.29 is 28.4 Å². The number of aliphatic hydroxyl groups is 1. The Balaban J connectivity index is 4.04. The zero-order valence-corrected chi connectivity index (χ0v) is 37.8. The molecule has 0 rings (SSSR count). The lowest BCUT2D eigenvalue weighted by atomic mass is 10.0. The first-order valence-corrected chi connectivity index (χ1v) is 25.4. The van der Waals surface area contributed by atoms with Crippen LogP contribution >= 0.6 is 7.82 Å². The molecule has 0 saturated carbocycles. The fourth-order valence-electron chi connectivity index (χ4n) is 7.17. The van der Waals surface area contributed by atoms with E-state index in [1.807, 2.05) is 0 Å². The van der Waals surface area contributed by atoms with Gasteiger partial charge in [0.1, 0.15) is 0 Å². The molecule has 8 nitrogen and oxygen atoms in total. The van der Waals surface area contributed by atoms with Crippen molar-refractivity contribution in [3.8, 4) is 0 Å². The van der Waals surface area contributed by atoms with Crippen LogP contribution in [0.25, 0.3) is 0 Å². The zero-order valence-electron chi connectivity index (χ0n) is 36.9. The lowest BCUT2D eigenvalue weighted by Crippen LogP contribution is -2.46. The van der Waals surface area contributed by atoms with Gasteiger partial charge < -0.3 is 21.1 Å². The van der Waals surface area contributed by atoms with Crippen LogP contribution < -0.4 is 11.1 Å². The van der Waals surface area contributed by atoms with Crippen LogP contribution in [0.1, 0.15) is 239 Å². The molecular weight excluding hydrogens is 719 g/mol. The van der Waals surface area contributed by atoms with Gasteiger partial charge in [-0.05, 0) is 44.9 Å². The predicted molar refractivity (Wildman–Crippen MR) is 240 cm³/mol. The summed E-state index contributed by atoms with van der Waals surface area (Å²) in [6.07, 6.45) is 50.5. The Morgan fingerprint density at radius 3 is 1.41 bits per heavy atom. The minimum Gasteiger partial charge on any atom is -0.391 e. The normalized spacial score (nSPS) is 14.2. The van der Waals surface area contributed by atoms with E-state index in [2.05, 4.69) is 43.5 Å². The maximum absolute atomic E-state index is 12.8. The molecule has 0 aliphatic rings. The van der Waals surface area contributed by atoms with Crippen molar-refractivity contribution in [1.29, 1.82) is 0 Å². The van der Waals surface area contributed by atoms with Gasteiger partial charge in [0.05, 0.1) is 25.4 Å². The van der Waals surface area contributed by atoms with Crippen LogP contribution in [-0.2, 0) is 18.4 Å². The average molecular weight is 813 g/mol. The number of carbonyl (C=O) groups is 1. The number of aliphatic hydroxyl groups excluding tert-OH is 1. The molecule has 56 heavy (non-hydrogen) atoms. The lowest BCUT2D eigenvalue weighted by molar-refractivity contribution is -0.123. The molecule has 0 heterocycles. The average Bonchev–Trinajstić information content (AvgIpc) is 3.19. The molecule has 0 radical (unpaired) electrons. The Hall–Kier alpha value is -1.02. The number of hydrogen-bond acceptors (Lipinski definition) is 6. The van der Waals surface area contributed by atoms with Gasteiger partial charge in [0.25, 0.3) is 0 Å². The molecule has 0 fully saturated rings. The molecule has 0 aliphatic heterocycles. The van der Waals surface area contributed by atoms with Gasteiger partial charge in [0.2, 0.25) is 5.91 Å². The third-order valence-corrected chi connectivity index (χ3v) is 11.8. The molecule has 0 aromatic heterocycles. The van der Waals surface area contributed by atoms with Crippen LogP contribution in [0.2, 0.25) is 0 Å². The van der Waals surface area contributed by atoms with Gasteiger partial charge in [0.15, 0.2) is 0 Å². The number of allylic oxidation sites excluding steroid dienone is 4. The summed E-state index contributed by atoms with van der Waals surface area (Å²) in [5.74, 6) is -0.162. The minimum atomic E-state index is -4.31. The zero-order chi connectivity index (χ0) is 41.1. The number of nitrogens with two attached hydrogens (primary N) is 1. The molecule has 332 valence electrons. The van der Waals surface area contributed by atoms with Gasteiger partial charge in [-0.3, -0.25) is 13.8 Å². The molecule has 0 aromatic rings. The summed E-state index contributed by atoms with van der Waals surface area (Å²) < 4.78 is 22.2. The van der Waals surface area contributed by atoms with E-state index in [0.717, 1.165) is 44.9 Å². The molecule has 5 N–H and O–H groups in total. The van der Waals surface area contributed by atoms with E-state index in [9.17, 15) is 19.4 Å². The van der Waals surface area contributed by atoms with Crippen LogP contribution in [0.4, 0.5) is 0 Å². The number of phosphoric acid groups is 1. The highest BCUT2D eigenvalue weighted by molar-refractivity contribution is 7.47. The van der Waals surface area contributed by atoms with Crippen LogP contribution in [0.5, 0.6) is 0 Å². The third-order valence-electron chi connectivity index (χ3n) is 10.8. The number of rotatable bonds is 45. The number of amides is 1. The molecule has 3 unspecified atom stereocenters. The highest BCUT2D eigenvalue weighted by Gasteiger charge is 2.27. The Kier molecular flexibility index (Phi) is 42.8. The largest absolute Gasteiger partial charge is 0.472 e. The number of carbonyl (C=O) groups excluding carboxylic acids is 1. The molecule has 0 aromatic carbocycles. The first kappa shape index (κ1) is 55.0. The molecular formula is C47H93N2O6P. The quantitative estimate of drug-likeness (QED) is 0.0273. The van der Waals surface area contributed by atoms with Crippen LogP contribution in [0, 0.1) is 0 Å². The van der Waals surface area contributed by atoms with E-state index in [1.165, 1.54) is 167 Å². The Morgan fingerprint density at radius 1 is 0.589 bits per heavy atom. The minimum absolute atomic E-state index is 0.0894. The third kappa shape index (κ3) is 41.2. The van der Waals surface area contributed by atoms with Crippen molar-refractivity contribution in [2.75, 3.05) is 19.8 Å². The van der Waals surface area contributed by atoms with Gasteiger partial charge in [-0.15, -0.1) is 0 Å². The van der Waals surface area contributed by atoms with Gasteiger partial charge in [-0.25, -0.2) is 4.57 Å². The molecule has 3 atom stereocenters. The summed E-state index contributed by atoms with van der Waals surface area (Å²) in [6, 6.07) is -0.773. The second kappa shape index (κ2) is 43.6. The number of unbranched alkanes of at least 4 members (excludes halogenated alkanes) is 29. The standard InChI is InChI=1S/C47H93N2O6P/c1-3-5-7-9-11-13-15-17-19-20-21-22-23-24-25-26-27-29-31-33-35-37-39-41-47(51)49-45(44-55-56(52,53)54-43-42-48)46(50)40-38-36-34-32-30-28-18-16-14-12-10-8-6-4-2/h15,17,20-21,45-46,50H,3-14,16,18-19,22-44,48H2,1-2H3,(H,49,51)(H,52,53)/b17-15-,21-20-. The maximum Gasteiger partial charge on any atom is 0.472 e. The summed E-state index contributed by atoms with van der Waals surface area (Å²) in [5, 5.41) is 13.8. The predicted octanol–water partition coefficient (Wildman–Crippen LogP) is 13.7. The summed E-state index contributed by atoms with van der Waals surface area (Å²) in [4.78, 5) is 22.8. The molecule has 0 aliphatic carbocycles. The highest BCUT2D eigenvalue weighted by Crippen LogP contribution is 2.43. The van der Waals surface area contributed by atoms with E-state index in [1.54, 1.807) is 0 Å². The van der Waals surface area contributed by atoms with Crippen LogP contribution in [0.3, 0.4) is 0 Å². The Morgan fingerprint density at radius 2 is 0.982 bits per heavy atom. The Labute approximate surface area is 347 Å². The summed E-state index contributed by atoms with van der Waals surface area (Å²) in [7, 11) is -4.31. The number of nitrogens with one attached hydrogen (secondary N) is 1. The molecule has 0 spiro atoms. The van der Waals surface area contributed by atoms with E-state index < -0.39 is 20.0 Å². The van der Waals surface area contributed by atoms with E-state index in [-0.39, 0.29) is 25.7 Å². The first-order valence-electron chi connectivity index (χ1n) is 24.0. The maximum atomic E-state index is 12.8. The molecule has 0 bridgehead atoms. The Bertz CT molecular complexity index is 932. The highest BCUT2D eigenvalue weighted by atomic mass is 31.2. The smallest absolute Gasteiger partial charge is 0.391 e. The van der Waals surface area contributed by atoms with E-state index in [4.69, 9.17) is 14.8 Å². The van der Waals surface area contributed by atoms with E-state index in [0.29, 0.717) is 12.8 Å². The van der Waals surface area contributed by atoms with Crippen molar-refractivity contribution in [2.45, 2.75) is 251 Å². The monoisotopic (exact) mass is 813 g/mol. The number of hydrogen-bond donors (Lipinski definition) is 4. The molecule has 9 heteroatoms. The molecule has 0 saturated heterocycles. The van der Waals surface area contributed by atoms with Crippen molar-refractivity contribution in [3.63, 3.8) is 0 Å².